The summed E-state index contributed by atoms with van der Waals surface area (Å²) in [6, 6.07) is 6.06. The zero-order valence-corrected chi connectivity index (χ0v) is 13.5. The van der Waals surface area contributed by atoms with Crippen LogP contribution in [0.15, 0.2) is 24.3 Å². The molecule has 1 aromatic rings. The number of ether oxygens (including phenoxy) is 1. The largest absolute Gasteiger partial charge is 0.450 e. The van der Waals surface area contributed by atoms with Gasteiger partial charge >= 0.3 is 6.09 Å². The van der Waals surface area contributed by atoms with Crippen molar-refractivity contribution in [2.24, 2.45) is 0 Å². The predicted molar refractivity (Wildman–Crippen MR) is 89.5 cm³/mol. The number of nitro benzene ring substituents is 1. The van der Waals surface area contributed by atoms with E-state index in [1.807, 2.05) is 4.90 Å². The Morgan fingerprint density at radius 3 is 2.35 bits per heavy atom. The highest BCUT2D eigenvalue weighted by Gasteiger charge is 2.23. The fourth-order valence-corrected chi connectivity index (χ4v) is 2.48. The summed E-state index contributed by atoms with van der Waals surface area (Å²) >= 11 is 5.34. The van der Waals surface area contributed by atoms with E-state index in [-0.39, 0.29) is 11.8 Å². The van der Waals surface area contributed by atoms with E-state index in [0.717, 1.165) is 0 Å². The second kappa shape index (κ2) is 7.73. The molecule has 0 saturated carbocycles. The smallest absolute Gasteiger partial charge is 0.409 e. The van der Waals surface area contributed by atoms with Crippen molar-refractivity contribution in [3.05, 3.63) is 34.4 Å². The van der Waals surface area contributed by atoms with Crippen LogP contribution in [0.4, 0.5) is 16.2 Å². The minimum Gasteiger partial charge on any atom is -0.450 e. The summed E-state index contributed by atoms with van der Waals surface area (Å²) < 4.78 is 4.97. The maximum absolute atomic E-state index is 11.6. The lowest BCUT2D eigenvalue weighted by Crippen LogP contribution is -2.51. The predicted octanol–water partition coefficient (Wildman–Crippen LogP) is 2.07. The Morgan fingerprint density at radius 1 is 1.26 bits per heavy atom. The van der Waals surface area contributed by atoms with Gasteiger partial charge < -0.3 is 19.9 Å². The van der Waals surface area contributed by atoms with Gasteiger partial charge in [0.15, 0.2) is 5.11 Å². The number of nitro groups is 1. The van der Waals surface area contributed by atoms with Crippen LogP contribution in [0.25, 0.3) is 0 Å². The number of amides is 1. The number of piperazine rings is 1. The van der Waals surface area contributed by atoms with Crippen molar-refractivity contribution < 1.29 is 14.5 Å². The van der Waals surface area contributed by atoms with Crippen LogP contribution in [0.1, 0.15) is 6.92 Å². The van der Waals surface area contributed by atoms with Gasteiger partial charge in [-0.2, -0.15) is 0 Å². The lowest BCUT2D eigenvalue weighted by atomic mass is 10.3. The Hall–Kier alpha value is -2.42. The molecule has 23 heavy (non-hydrogen) atoms. The summed E-state index contributed by atoms with van der Waals surface area (Å²) in [6.07, 6.45) is -0.304. The highest BCUT2D eigenvalue weighted by Crippen LogP contribution is 2.16. The zero-order chi connectivity index (χ0) is 16.8. The van der Waals surface area contributed by atoms with Gasteiger partial charge in [-0.1, -0.05) is 0 Å². The highest BCUT2D eigenvalue weighted by molar-refractivity contribution is 7.80. The minimum atomic E-state index is -0.448. The number of rotatable bonds is 3. The van der Waals surface area contributed by atoms with E-state index < -0.39 is 4.92 Å². The van der Waals surface area contributed by atoms with Gasteiger partial charge in [-0.15, -0.1) is 0 Å². The summed E-state index contributed by atoms with van der Waals surface area (Å²) in [5.41, 5.74) is 0.720. The van der Waals surface area contributed by atoms with Gasteiger partial charge in [-0.05, 0) is 31.3 Å². The van der Waals surface area contributed by atoms with Crippen molar-refractivity contribution in [1.29, 1.82) is 0 Å². The molecular weight excluding hydrogens is 320 g/mol. The molecule has 0 bridgehead atoms. The molecule has 1 aliphatic heterocycles. The molecule has 0 spiro atoms. The Labute approximate surface area is 139 Å². The van der Waals surface area contributed by atoms with Crippen LogP contribution in [0.5, 0.6) is 0 Å². The first-order chi connectivity index (χ1) is 11.0. The number of thiocarbonyl (C=S) groups is 1. The first-order valence-corrected chi connectivity index (χ1v) is 7.64. The molecule has 1 N–H and O–H groups in total. The zero-order valence-electron chi connectivity index (χ0n) is 12.7. The van der Waals surface area contributed by atoms with Crippen molar-refractivity contribution >= 4 is 34.8 Å². The molecule has 0 radical (unpaired) electrons. The number of nitrogens with one attached hydrogen (secondary N) is 1. The number of nitrogens with zero attached hydrogens (tertiary/aromatic N) is 3. The van der Waals surface area contributed by atoms with Crippen molar-refractivity contribution in [3.63, 3.8) is 0 Å². The summed E-state index contributed by atoms with van der Waals surface area (Å²) in [7, 11) is 0. The van der Waals surface area contributed by atoms with Gasteiger partial charge in [0.25, 0.3) is 5.69 Å². The number of hydrogen-bond donors (Lipinski definition) is 1. The normalized spacial score (nSPS) is 14.3. The quantitative estimate of drug-likeness (QED) is 0.513. The molecule has 1 aromatic carbocycles. The molecule has 1 fully saturated rings. The molecule has 8 nitrogen and oxygen atoms in total. The maximum atomic E-state index is 11.6. The fourth-order valence-electron chi connectivity index (χ4n) is 2.18. The maximum Gasteiger partial charge on any atom is 0.409 e. The Bertz CT molecular complexity index is 585. The molecule has 0 aliphatic carbocycles. The number of carbonyl (C=O) groups is 1. The molecule has 1 saturated heterocycles. The van der Waals surface area contributed by atoms with Gasteiger partial charge in [0.05, 0.1) is 11.5 Å². The van der Waals surface area contributed by atoms with Crippen LogP contribution < -0.4 is 5.32 Å². The molecule has 2 rings (SSSR count). The minimum absolute atomic E-state index is 0.0320. The lowest BCUT2D eigenvalue weighted by molar-refractivity contribution is -0.384. The number of carbonyl (C=O) groups excluding carboxylic acids is 1. The van der Waals surface area contributed by atoms with Crippen LogP contribution >= 0.6 is 12.2 Å². The van der Waals surface area contributed by atoms with Gasteiger partial charge in [0.2, 0.25) is 0 Å². The summed E-state index contributed by atoms with van der Waals surface area (Å²) in [4.78, 5) is 25.4. The third kappa shape index (κ3) is 4.52. The van der Waals surface area contributed by atoms with E-state index in [1.165, 1.54) is 12.1 Å². The molecule has 1 heterocycles. The van der Waals surface area contributed by atoms with Gasteiger partial charge in [0.1, 0.15) is 0 Å². The topological polar surface area (TPSA) is 88.0 Å². The SMILES string of the molecule is CCOC(=O)N1CCN(C(=S)Nc2ccc([N+](=O)[O-])cc2)CC1. The molecule has 1 amide bonds. The van der Waals surface area contributed by atoms with Crippen LogP contribution in [0.2, 0.25) is 0 Å². The van der Waals surface area contributed by atoms with E-state index >= 15 is 0 Å². The van der Waals surface area contributed by atoms with Crippen molar-refractivity contribution in [2.75, 3.05) is 38.1 Å². The third-order valence-corrected chi connectivity index (χ3v) is 3.78. The number of non-ortho nitro benzene ring substituents is 1. The summed E-state index contributed by atoms with van der Waals surface area (Å²) in [6.45, 7) is 4.44. The van der Waals surface area contributed by atoms with E-state index in [1.54, 1.807) is 24.0 Å². The molecule has 1 aliphatic rings. The molecule has 124 valence electrons. The number of benzene rings is 1. The van der Waals surface area contributed by atoms with Crippen LogP contribution in [0, 0.1) is 10.1 Å². The molecule has 0 unspecified atom stereocenters. The second-order valence-electron chi connectivity index (χ2n) is 4.91. The Balaban J connectivity index is 1.85. The lowest BCUT2D eigenvalue weighted by Gasteiger charge is -2.35. The number of hydrogen-bond acceptors (Lipinski definition) is 5. The van der Waals surface area contributed by atoms with Crippen LogP contribution in [-0.2, 0) is 4.74 Å². The first-order valence-electron chi connectivity index (χ1n) is 7.23. The Morgan fingerprint density at radius 2 is 1.83 bits per heavy atom. The van der Waals surface area contributed by atoms with Gasteiger partial charge in [-0.25, -0.2) is 4.79 Å². The summed E-state index contributed by atoms with van der Waals surface area (Å²) in [5.74, 6) is 0. The second-order valence-corrected chi connectivity index (χ2v) is 5.29. The fraction of sp³-hybridized carbons (Fsp3) is 0.429. The average molecular weight is 338 g/mol. The van der Waals surface area contributed by atoms with Crippen LogP contribution in [0.3, 0.4) is 0 Å². The van der Waals surface area contributed by atoms with Crippen molar-refractivity contribution in [2.45, 2.75) is 6.92 Å². The standard InChI is InChI=1S/C14H18N4O4S/c1-2-22-14(19)17-9-7-16(8-10-17)13(23)15-11-3-5-12(6-4-11)18(20)21/h3-6H,2,7-10H2,1H3,(H,15,23). The van der Waals surface area contributed by atoms with Crippen molar-refractivity contribution in [3.8, 4) is 0 Å². The highest BCUT2D eigenvalue weighted by atomic mass is 32.1. The molecular formula is C14H18N4O4S. The third-order valence-electron chi connectivity index (χ3n) is 3.42. The van der Waals surface area contributed by atoms with E-state index in [9.17, 15) is 14.9 Å². The van der Waals surface area contributed by atoms with Crippen molar-refractivity contribution in [1.82, 2.24) is 9.80 Å². The molecule has 9 heteroatoms. The first kappa shape index (κ1) is 16.9. The molecule has 0 atom stereocenters. The Kier molecular flexibility index (Phi) is 5.69. The van der Waals surface area contributed by atoms with E-state index in [0.29, 0.717) is 43.6 Å². The van der Waals surface area contributed by atoms with Crippen LogP contribution in [-0.4, -0.2) is 58.7 Å². The number of anilines is 1. The molecule has 0 aromatic heterocycles. The monoisotopic (exact) mass is 338 g/mol. The summed E-state index contributed by atoms with van der Waals surface area (Å²) in [5, 5.41) is 14.2. The van der Waals surface area contributed by atoms with Gasteiger partial charge in [0, 0.05) is 44.0 Å². The van der Waals surface area contributed by atoms with E-state index in [4.69, 9.17) is 17.0 Å². The average Bonchev–Trinajstić information content (AvgIpc) is 2.55. The van der Waals surface area contributed by atoms with E-state index in [2.05, 4.69) is 5.32 Å². The van der Waals surface area contributed by atoms with Gasteiger partial charge in [-0.3, -0.25) is 10.1 Å².